The summed E-state index contributed by atoms with van der Waals surface area (Å²) in [4.78, 5) is 10.8. The average molecular weight is 296 g/mol. The van der Waals surface area contributed by atoms with E-state index in [0.717, 1.165) is 5.56 Å². The summed E-state index contributed by atoms with van der Waals surface area (Å²) in [5.74, 6) is 5.64. The molecule has 2 aromatic carbocycles. The fourth-order valence-electron chi connectivity index (χ4n) is 1.87. The van der Waals surface area contributed by atoms with Gasteiger partial charge in [-0.3, -0.25) is 5.21 Å². The second-order valence-corrected chi connectivity index (χ2v) is 4.68. The number of nitrogens with zero attached hydrogens (tertiary/aromatic N) is 1. The topological polar surface area (TPSA) is 86.8 Å². The summed E-state index contributed by atoms with van der Waals surface area (Å²) < 4.78 is 0. The molecule has 0 radical (unpaired) electrons. The first-order chi connectivity index (χ1) is 10.6. The minimum absolute atomic E-state index is 0.0536. The molecule has 0 saturated carbocycles. The van der Waals surface area contributed by atoms with E-state index in [-0.39, 0.29) is 6.54 Å². The molecular weight excluding hydrogens is 280 g/mol. The fourth-order valence-corrected chi connectivity index (χ4v) is 1.87. The van der Waals surface area contributed by atoms with Gasteiger partial charge in [-0.15, -0.1) is 0 Å². The Morgan fingerprint density at radius 1 is 1.18 bits per heavy atom. The number of aliphatic hydroxyl groups excluding tert-OH is 1. The Hall–Kier alpha value is -2.81. The number of hydrogen-bond acceptors (Lipinski definition) is 3. The Balaban J connectivity index is 2.12. The summed E-state index contributed by atoms with van der Waals surface area (Å²) in [6, 6.07) is 15.2. The maximum Gasteiger partial charge on any atom is 0.338 e. The van der Waals surface area contributed by atoms with E-state index in [0.29, 0.717) is 16.2 Å². The van der Waals surface area contributed by atoms with Gasteiger partial charge in [0.1, 0.15) is 6.10 Å². The van der Waals surface area contributed by atoms with Crippen LogP contribution < -0.4 is 5.73 Å². The fraction of sp³-hybridized carbons (Fsp3) is 0.118. The number of benzene rings is 2. The molecule has 2 aromatic rings. The van der Waals surface area contributed by atoms with Crippen LogP contribution in [0.1, 0.15) is 22.8 Å². The molecule has 5 nitrogen and oxygen atoms in total. The monoisotopic (exact) mass is 296 g/mol. The zero-order chi connectivity index (χ0) is 15.9. The summed E-state index contributed by atoms with van der Waals surface area (Å²) in [5.41, 5.74) is 6.99. The van der Waals surface area contributed by atoms with Crippen molar-refractivity contribution in [2.45, 2.75) is 12.6 Å². The van der Waals surface area contributed by atoms with Gasteiger partial charge in [-0.2, -0.15) is 0 Å². The molecule has 22 heavy (non-hydrogen) atoms. The third-order valence-electron chi connectivity index (χ3n) is 2.98. The summed E-state index contributed by atoms with van der Waals surface area (Å²) >= 11 is 0. The second-order valence-electron chi connectivity index (χ2n) is 4.68. The normalized spacial score (nSPS) is 11.2. The van der Waals surface area contributed by atoms with Crippen LogP contribution in [-0.2, 0) is 6.54 Å². The minimum atomic E-state index is -0.958. The van der Waals surface area contributed by atoms with E-state index in [1.165, 1.54) is 0 Å². The number of carbonyl (C=O) groups is 1. The van der Waals surface area contributed by atoms with Gasteiger partial charge in [0.15, 0.2) is 0 Å². The third-order valence-corrected chi connectivity index (χ3v) is 2.98. The van der Waals surface area contributed by atoms with Crippen LogP contribution in [0.5, 0.6) is 0 Å². The molecular formula is C17H16N2O3. The van der Waals surface area contributed by atoms with Crippen LogP contribution in [-0.4, -0.2) is 21.4 Å². The lowest BCUT2D eigenvalue weighted by Gasteiger charge is -2.13. The highest BCUT2D eigenvalue weighted by Crippen LogP contribution is 2.15. The summed E-state index contributed by atoms with van der Waals surface area (Å²) in [6.45, 7) is -0.0536. The Morgan fingerprint density at radius 2 is 1.91 bits per heavy atom. The van der Waals surface area contributed by atoms with Crippen LogP contribution in [0.4, 0.5) is 4.79 Å². The molecule has 0 aromatic heterocycles. The van der Waals surface area contributed by atoms with Crippen molar-refractivity contribution in [3.63, 3.8) is 0 Å². The van der Waals surface area contributed by atoms with Gasteiger partial charge in [0.25, 0.3) is 0 Å². The molecule has 2 amide bonds. The molecule has 5 heteroatoms. The van der Waals surface area contributed by atoms with Crippen molar-refractivity contribution < 1.29 is 15.1 Å². The van der Waals surface area contributed by atoms with Crippen LogP contribution >= 0.6 is 0 Å². The van der Waals surface area contributed by atoms with Gasteiger partial charge >= 0.3 is 6.03 Å². The Morgan fingerprint density at radius 3 is 2.59 bits per heavy atom. The molecule has 4 N–H and O–H groups in total. The highest BCUT2D eigenvalue weighted by molar-refractivity contribution is 5.70. The van der Waals surface area contributed by atoms with Crippen molar-refractivity contribution in [3.8, 4) is 11.8 Å². The maximum atomic E-state index is 10.8. The van der Waals surface area contributed by atoms with Crippen LogP contribution in [0, 0.1) is 11.8 Å². The van der Waals surface area contributed by atoms with Gasteiger partial charge in [0.2, 0.25) is 0 Å². The Kier molecular flexibility index (Phi) is 5.15. The third kappa shape index (κ3) is 4.35. The summed E-state index contributed by atoms with van der Waals surface area (Å²) in [5, 5.41) is 19.8. The van der Waals surface area contributed by atoms with Crippen LogP contribution in [0.3, 0.4) is 0 Å². The molecule has 2 rings (SSSR count). The van der Waals surface area contributed by atoms with Crippen molar-refractivity contribution in [1.82, 2.24) is 5.06 Å². The molecule has 0 saturated heterocycles. The van der Waals surface area contributed by atoms with E-state index in [1.807, 2.05) is 30.3 Å². The zero-order valence-corrected chi connectivity index (χ0v) is 11.8. The molecule has 0 bridgehead atoms. The van der Waals surface area contributed by atoms with Crippen molar-refractivity contribution in [2.75, 3.05) is 0 Å². The number of aliphatic hydroxyl groups is 1. The zero-order valence-electron chi connectivity index (χ0n) is 11.8. The maximum absolute atomic E-state index is 10.8. The number of nitrogens with two attached hydrogens (primary N) is 1. The Bertz CT molecular complexity index is 705. The summed E-state index contributed by atoms with van der Waals surface area (Å²) in [6.07, 6.45) is -0.958. The second kappa shape index (κ2) is 7.27. The highest BCUT2D eigenvalue weighted by Gasteiger charge is 2.09. The van der Waals surface area contributed by atoms with Crippen molar-refractivity contribution >= 4 is 6.03 Å². The number of hydroxylamine groups is 2. The smallest absolute Gasteiger partial charge is 0.338 e. The van der Waals surface area contributed by atoms with Gasteiger partial charge in [-0.1, -0.05) is 54.3 Å². The molecule has 0 fully saturated rings. The quantitative estimate of drug-likeness (QED) is 0.460. The minimum Gasteiger partial charge on any atom is -0.376 e. The molecule has 0 aliphatic heterocycles. The number of primary amides is 1. The molecule has 0 aliphatic carbocycles. The SMILES string of the molecule is NC(=O)N(O)Cc1cccc(C(O)C#Cc2ccccc2)c1. The lowest BCUT2D eigenvalue weighted by Crippen LogP contribution is -2.32. The number of amides is 2. The molecule has 0 aliphatic rings. The Labute approximate surface area is 128 Å². The largest absolute Gasteiger partial charge is 0.376 e. The molecule has 0 heterocycles. The van der Waals surface area contributed by atoms with E-state index in [1.54, 1.807) is 24.3 Å². The van der Waals surface area contributed by atoms with E-state index < -0.39 is 12.1 Å². The predicted molar refractivity (Wildman–Crippen MR) is 81.6 cm³/mol. The number of carbonyl (C=O) groups excluding carboxylic acids is 1. The van der Waals surface area contributed by atoms with E-state index >= 15 is 0 Å². The first-order valence-corrected chi connectivity index (χ1v) is 6.65. The molecule has 112 valence electrons. The van der Waals surface area contributed by atoms with Gasteiger partial charge in [0.05, 0.1) is 6.54 Å². The van der Waals surface area contributed by atoms with Crippen molar-refractivity contribution in [3.05, 3.63) is 71.3 Å². The van der Waals surface area contributed by atoms with Gasteiger partial charge in [0, 0.05) is 5.56 Å². The molecule has 0 spiro atoms. The average Bonchev–Trinajstić information content (AvgIpc) is 2.53. The molecule has 1 unspecified atom stereocenters. The number of hydrogen-bond donors (Lipinski definition) is 3. The van der Waals surface area contributed by atoms with Crippen molar-refractivity contribution in [1.29, 1.82) is 0 Å². The predicted octanol–water partition coefficient (Wildman–Crippen LogP) is 2.04. The molecule has 1 atom stereocenters. The van der Waals surface area contributed by atoms with E-state index in [4.69, 9.17) is 5.73 Å². The van der Waals surface area contributed by atoms with Crippen LogP contribution in [0.2, 0.25) is 0 Å². The lowest BCUT2D eigenvalue weighted by molar-refractivity contribution is -0.0470. The van der Waals surface area contributed by atoms with E-state index in [2.05, 4.69) is 11.8 Å². The summed E-state index contributed by atoms with van der Waals surface area (Å²) in [7, 11) is 0. The highest BCUT2D eigenvalue weighted by atomic mass is 16.5. The first kappa shape index (κ1) is 15.6. The van der Waals surface area contributed by atoms with Crippen molar-refractivity contribution in [2.24, 2.45) is 5.73 Å². The standard InChI is InChI=1S/C17H16N2O3/c18-17(21)19(22)12-14-7-4-8-15(11-14)16(20)10-9-13-5-2-1-3-6-13/h1-8,11,16,20,22H,12H2,(H2,18,21). The van der Waals surface area contributed by atoms with Gasteiger partial charge in [-0.05, 0) is 23.3 Å². The number of urea groups is 1. The van der Waals surface area contributed by atoms with E-state index in [9.17, 15) is 15.1 Å². The van der Waals surface area contributed by atoms with Gasteiger partial charge < -0.3 is 10.8 Å². The first-order valence-electron chi connectivity index (χ1n) is 6.65. The number of rotatable bonds is 3. The van der Waals surface area contributed by atoms with Crippen LogP contribution in [0.15, 0.2) is 54.6 Å². The van der Waals surface area contributed by atoms with Gasteiger partial charge in [-0.25, -0.2) is 9.86 Å². The lowest BCUT2D eigenvalue weighted by atomic mass is 10.1. The van der Waals surface area contributed by atoms with Crippen LogP contribution in [0.25, 0.3) is 0 Å².